The van der Waals surface area contributed by atoms with Gasteiger partial charge in [0.25, 0.3) is 11.6 Å². The summed E-state index contributed by atoms with van der Waals surface area (Å²) in [6.45, 7) is 3.16. The van der Waals surface area contributed by atoms with Gasteiger partial charge >= 0.3 is 5.97 Å². The van der Waals surface area contributed by atoms with E-state index in [4.69, 9.17) is 21.1 Å². The Morgan fingerprint density at radius 3 is 2.44 bits per heavy atom. The molecule has 8 nitrogen and oxygen atoms in total. The zero-order chi connectivity index (χ0) is 20.0. The topological polar surface area (TPSA) is 108 Å². The number of amides is 1. The van der Waals surface area contributed by atoms with Gasteiger partial charge in [-0.15, -0.1) is 0 Å². The molecule has 0 spiro atoms. The van der Waals surface area contributed by atoms with E-state index in [1.807, 2.05) is 0 Å². The summed E-state index contributed by atoms with van der Waals surface area (Å²) in [5.74, 6) is -0.619. The average Bonchev–Trinajstić information content (AvgIpc) is 2.61. The van der Waals surface area contributed by atoms with Crippen molar-refractivity contribution >= 4 is 34.9 Å². The molecule has 0 heterocycles. The summed E-state index contributed by atoms with van der Waals surface area (Å²) in [6, 6.07) is 9.83. The number of nitro groups is 1. The molecule has 142 valence electrons. The number of nitro benzene ring substituents is 1. The van der Waals surface area contributed by atoms with E-state index >= 15 is 0 Å². The standard InChI is InChI=1S/C18H17ClN2O6/c1-11(2)27-18(23)12-3-6-14(7-4-12)26-10-17(22)20-16-9-13(21(24)25)5-8-15(16)19/h3-9,11H,10H2,1-2H3,(H,20,22). The predicted octanol–water partition coefficient (Wildman–Crippen LogP) is 3.83. The Morgan fingerprint density at radius 2 is 1.85 bits per heavy atom. The Kier molecular flexibility index (Phi) is 6.73. The number of halogens is 1. The second-order valence-electron chi connectivity index (χ2n) is 5.74. The Labute approximate surface area is 160 Å². The number of rotatable bonds is 7. The second kappa shape index (κ2) is 9.00. The van der Waals surface area contributed by atoms with Crippen LogP contribution in [0.4, 0.5) is 11.4 Å². The molecule has 1 amide bonds. The number of esters is 1. The molecule has 0 saturated heterocycles. The highest BCUT2D eigenvalue weighted by Crippen LogP contribution is 2.26. The molecule has 0 bridgehead atoms. The summed E-state index contributed by atoms with van der Waals surface area (Å²) in [6.07, 6.45) is -0.224. The van der Waals surface area contributed by atoms with E-state index < -0.39 is 16.8 Å². The van der Waals surface area contributed by atoms with Gasteiger partial charge in [0.05, 0.1) is 27.3 Å². The summed E-state index contributed by atoms with van der Waals surface area (Å²) in [5, 5.41) is 13.4. The summed E-state index contributed by atoms with van der Waals surface area (Å²) in [5.41, 5.74) is 0.287. The number of nitrogens with one attached hydrogen (secondary N) is 1. The molecule has 0 fully saturated rings. The van der Waals surface area contributed by atoms with Crippen molar-refractivity contribution in [3.05, 3.63) is 63.2 Å². The Balaban J connectivity index is 1.93. The number of hydrogen-bond donors (Lipinski definition) is 1. The first-order valence-corrected chi connectivity index (χ1v) is 8.31. The van der Waals surface area contributed by atoms with Crippen molar-refractivity contribution in [1.29, 1.82) is 0 Å². The molecule has 0 atom stereocenters. The lowest BCUT2D eigenvalue weighted by atomic mass is 10.2. The van der Waals surface area contributed by atoms with Gasteiger partial charge in [0.15, 0.2) is 6.61 Å². The molecule has 2 aromatic carbocycles. The maximum atomic E-state index is 12.0. The summed E-state index contributed by atoms with van der Waals surface area (Å²) in [4.78, 5) is 33.9. The molecule has 0 aromatic heterocycles. The van der Waals surface area contributed by atoms with E-state index in [1.165, 1.54) is 36.4 Å². The van der Waals surface area contributed by atoms with E-state index in [1.54, 1.807) is 13.8 Å². The molecular weight excluding hydrogens is 376 g/mol. The van der Waals surface area contributed by atoms with Crippen LogP contribution >= 0.6 is 11.6 Å². The first-order valence-electron chi connectivity index (χ1n) is 7.94. The number of nitrogens with zero attached hydrogens (tertiary/aromatic N) is 1. The second-order valence-corrected chi connectivity index (χ2v) is 6.14. The summed E-state index contributed by atoms with van der Waals surface area (Å²) < 4.78 is 10.4. The van der Waals surface area contributed by atoms with Gasteiger partial charge in [0, 0.05) is 12.1 Å². The zero-order valence-corrected chi connectivity index (χ0v) is 15.4. The Morgan fingerprint density at radius 1 is 1.19 bits per heavy atom. The van der Waals surface area contributed by atoms with Crippen molar-refractivity contribution in [3.8, 4) is 5.75 Å². The minimum absolute atomic E-state index is 0.117. The van der Waals surface area contributed by atoms with E-state index in [0.717, 1.165) is 6.07 Å². The maximum absolute atomic E-state index is 12.0. The van der Waals surface area contributed by atoms with Gasteiger partial charge < -0.3 is 14.8 Å². The Bertz CT molecular complexity index is 851. The normalized spacial score (nSPS) is 10.4. The van der Waals surface area contributed by atoms with Crippen LogP contribution in [0.25, 0.3) is 0 Å². The highest BCUT2D eigenvalue weighted by Gasteiger charge is 2.13. The lowest BCUT2D eigenvalue weighted by molar-refractivity contribution is -0.384. The SMILES string of the molecule is CC(C)OC(=O)c1ccc(OCC(=O)Nc2cc([N+](=O)[O-])ccc2Cl)cc1. The van der Waals surface area contributed by atoms with Gasteiger partial charge in [-0.25, -0.2) is 4.79 Å². The highest BCUT2D eigenvalue weighted by molar-refractivity contribution is 6.33. The van der Waals surface area contributed by atoms with E-state index in [2.05, 4.69) is 5.32 Å². The minimum Gasteiger partial charge on any atom is -0.484 e. The van der Waals surface area contributed by atoms with Crippen LogP contribution in [-0.4, -0.2) is 29.5 Å². The Hall–Kier alpha value is -3.13. The molecule has 0 saturated carbocycles. The number of ether oxygens (including phenoxy) is 2. The van der Waals surface area contributed by atoms with Crippen LogP contribution in [0, 0.1) is 10.1 Å². The number of non-ortho nitro benzene ring substituents is 1. The molecule has 0 aliphatic heterocycles. The molecule has 1 N–H and O–H groups in total. The number of anilines is 1. The van der Waals surface area contributed by atoms with Crippen LogP contribution < -0.4 is 10.1 Å². The monoisotopic (exact) mass is 392 g/mol. The van der Waals surface area contributed by atoms with Crippen molar-refractivity contribution in [2.45, 2.75) is 20.0 Å². The molecule has 27 heavy (non-hydrogen) atoms. The van der Waals surface area contributed by atoms with Crippen LogP contribution in [0.1, 0.15) is 24.2 Å². The van der Waals surface area contributed by atoms with Gasteiger partial charge in [-0.05, 0) is 44.2 Å². The van der Waals surface area contributed by atoms with Gasteiger partial charge in [-0.3, -0.25) is 14.9 Å². The number of hydrogen-bond acceptors (Lipinski definition) is 6. The third kappa shape index (κ3) is 5.96. The van der Waals surface area contributed by atoms with Crippen molar-refractivity contribution in [2.75, 3.05) is 11.9 Å². The van der Waals surface area contributed by atoms with Crippen molar-refractivity contribution in [3.63, 3.8) is 0 Å². The summed E-state index contributed by atoms with van der Waals surface area (Å²) in [7, 11) is 0. The first-order chi connectivity index (χ1) is 12.8. The zero-order valence-electron chi connectivity index (χ0n) is 14.6. The van der Waals surface area contributed by atoms with Gasteiger partial charge in [-0.2, -0.15) is 0 Å². The highest BCUT2D eigenvalue weighted by atomic mass is 35.5. The van der Waals surface area contributed by atoms with E-state index in [9.17, 15) is 19.7 Å². The van der Waals surface area contributed by atoms with Crippen molar-refractivity contribution in [2.24, 2.45) is 0 Å². The molecular formula is C18H17ClN2O6. The lowest BCUT2D eigenvalue weighted by Crippen LogP contribution is -2.20. The average molecular weight is 393 g/mol. The van der Waals surface area contributed by atoms with Crippen LogP contribution in [0.15, 0.2) is 42.5 Å². The third-order valence-corrected chi connectivity index (χ3v) is 3.57. The molecule has 2 rings (SSSR count). The summed E-state index contributed by atoms with van der Waals surface area (Å²) >= 11 is 5.92. The van der Waals surface area contributed by atoms with Crippen LogP contribution in [0.3, 0.4) is 0 Å². The molecule has 0 aliphatic carbocycles. The van der Waals surface area contributed by atoms with Crippen LogP contribution in [0.5, 0.6) is 5.75 Å². The van der Waals surface area contributed by atoms with Gasteiger partial charge in [0.2, 0.25) is 0 Å². The third-order valence-electron chi connectivity index (χ3n) is 3.24. The largest absolute Gasteiger partial charge is 0.484 e. The van der Waals surface area contributed by atoms with Crippen LogP contribution in [0.2, 0.25) is 5.02 Å². The van der Waals surface area contributed by atoms with Crippen molar-refractivity contribution < 1.29 is 24.0 Å². The lowest BCUT2D eigenvalue weighted by Gasteiger charge is -2.10. The number of carbonyl (C=O) groups excluding carboxylic acids is 2. The quantitative estimate of drug-likeness (QED) is 0.436. The number of carbonyl (C=O) groups is 2. The molecule has 0 radical (unpaired) electrons. The predicted molar refractivity (Wildman–Crippen MR) is 99.2 cm³/mol. The fraction of sp³-hybridized carbons (Fsp3) is 0.222. The van der Waals surface area contributed by atoms with Gasteiger partial charge in [-0.1, -0.05) is 11.6 Å². The first kappa shape index (κ1) is 20.2. The molecule has 9 heteroatoms. The minimum atomic E-state index is -0.589. The number of benzene rings is 2. The smallest absolute Gasteiger partial charge is 0.338 e. The van der Waals surface area contributed by atoms with Crippen LogP contribution in [-0.2, 0) is 9.53 Å². The van der Waals surface area contributed by atoms with Crippen molar-refractivity contribution in [1.82, 2.24) is 0 Å². The maximum Gasteiger partial charge on any atom is 0.338 e. The van der Waals surface area contributed by atoms with E-state index in [-0.39, 0.29) is 29.1 Å². The fourth-order valence-electron chi connectivity index (χ4n) is 2.03. The molecule has 0 unspecified atom stereocenters. The molecule has 2 aromatic rings. The van der Waals surface area contributed by atoms with E-state index in [0.29, 0.717) is 11.3 Å². The molecule has 0 aliphatic rings. The fourth-order valence-corrected chi connectivity index (χ4v) is 2.19. The van der Waals surface area contributed by atoms with Gasteiger partial charge in [0.1, 0.15) is 5.75 Å².